The van der Waals surface area contributed by atoms with Crippen LogP contribution < -0.4 is 10.1 Å². The first kappa shape index (κ1) is 20.9. The average molecular weight is 435 g/mol. The Morgan fingerprint density at radius 2 is 1.71 bits per heavy atom. The minimum atomic E-state index is -0.307. The third-order valence-corrected chi connectivity index (χ3v) is 5.41. The number of nitrogens with zero attached hydrogens (tertiary/aromatic N) is 3. The fourth-order valence-corrected chi connectivity index (χ4v) is 3.53. The van der Waals surface area contributed by atoms with Gasteiger partial charge in [0, 0.05) is 10.7 Å². The van der Waals surface area contributed by atoms with E-state index in [1.807, 2.05) is 31.2 Å². The van der Waals surface area contributed by atoms with Crippen LogP contribution in [-0.4, -0.2) is 28.0 Å². The molecule has 0 aliphatic carbocycles. The molecule has 158 valence electrons. The van der Waals surface area contributed by atoms with Crippen LogP contribution in [0.3, 0.4) is 0 Å². The second-order valence-corrected chi connectivity index (χ2v) is 8.13. The van der Waals surface area contributed by atoms with Crippen molar-refractivity contribution in [3.8, 4) is 11.4 Å². The van der Waals surface area contributed by atoms with E-state index in [1.54, 1.807) is 23.0 Å². The third-order valence-electron chi connectivity index (χ3n) is 5.17. The Bertz CT molecular complexity index is 1260. The molecule has 0 bridgehead atoms. The van der Waals surface area contributed by atoms with Gasteiger partial charge in [0.25, 0.3) is 5.91 Å². The number of carbonyl (C=O) groups is 1. The van der Waals surface area contributed by atoms with E-state index < -0.39 is 0 Å². The molecule has 1 heterocycles. The lowest BCUT2D eigenvalue weighted by molar-refractivity contribution is 0.102. The number of fused-ring (bicyclic) bond motifs is 1. The summed E-state index contributed by atoms with van der Waals surface area (Å²) in [5.41, 5.74) is 5.48. The Morgan fingerprint density at radius 1 is 1.03 bits per heavy atom. The van der Waals surface area contributed by atoms with E-state index in [0.29, 0.717) is 33.5 Å². The second kappa shape index (κ2) is 8.40. The highest BCUT2D eigenvalue weighted by Gasteiger charge is 2.16. The van der Waals surface area contributed by atoms with Gasteiger partial charge in [-0.25, -0.2) is 0 Å². The largest absolute Gasteiger partial charge is 0.496 e. The first-order valence-corrected chi connectivity index (χ1v) is 10.4. The molecule has 0 aliphatic heterocycles. The Balaban J connectivity index is 1.65. The van der Waals surface area contributed by atoms with Crippen molar-refractivity contribution in [1.82, 2.24) is 15.0 Å². The lowest BCUT2D eigenvalue weighted by Gasteiger charge is -2.11. The van der Waals surface area contributed by atoms with E-state index in [9.17, 15) is 4.79 Å². The molecule has 0 saturated carbocycles. The van der Waals surface area contributed by atoms with Gasteiger partial charge in [-0.15, -0.1) is 10.2 Å². The van der Waals surface area contributed by atoms with E-state index in [1.165, 1.54) is 12.7 Å². The smallest absolute Gasteiger partial charge is 0.259 e. The van der Waals surface area contributed by atoms with Crippen LogP contribution in [0.5, 0.6) is 5.75 Å². The fourth-order valence-electron chi connectivity index (χ4n) is 3.36. The molecule has 4 rings (SSSR count). The molecule has 1 aromatic heterocycles. The number of carbonyl (C=O) groups excluding carboxylic acids is 1. The van der Waals surface area contributed by atoms with Gasteiger partial charge in [-0.05, 0) is 66.4 Å². The Labute approximate surface area is 185 Å². The lowest BCUT2D eigenvalue weighted by Crippen LogP contribution is -2.14. The summed E-state index contributed by atoms with van der Waals surface area (Å²) in [6.07, 6.45) is 0. The highest BCUT2D eigenvalue weighted by molar-refractivity contribution is 6.31. The molecular weight excluding hydrogens is 412 g/mol. The van der Waals surface area contributed by atoms with Crippen LogP contribution in [0.4, 0.5) is 5.69 Å². The molecule has 1 N–H and O–H groups in total. The number of aromatic nitrogens is 3. The number of aryl methyl sites for hydroxylation is 1. The highest BCUT2D eigenvalue weighted by atomic mass is 35.5. The maximum Gasteiger partial charge on any atom is 0.259 e. The molecule has 31 heavy (non-hydrogen) atoms. The zero-order valence-corrected chi connectivity index (χ0v) is 18.6. The maximum absolute atomic E-state index is 12.9. The van der Waals surface area contributed by atoms with Gasteiger partial charge in [0.15, 0.2) is 0 Å². The number of rotatable bonds is 5. The molecule has 4 aromatic rings. The monoisotopic (exact) mass is 434 g/mol. The molecule has 6 nitrogen and oxygen atoms in total. The van der Waals surface area contributed by atoms with Crippen LogP contribution in [0.15, 0.2) is 54.6 Å². The number of anilines is 1. The summed E-state index contributed by atoms with van der Waals surface area (Å²) in [7, 11) is 1.52. The van der Waals surface area contributed by atoms with Crippen molar-refractivity contribution in [3.05, 3.63) is 76.3 Å². The van der Waals surface area contributed by atoms with E-state index in [-0.39, 0.29) is 5.91 Å². The van der Waals surface area contributed by atoms with E-state index in [4.69, 9.17) is 16.3 Å². The number of hydrogen-bond donors (Lipinski definition) is 1. The number of nitrogens with one attached hydrogen (secondary N) is 1. The van der Waals surface area contributed by atoms with Crippen molar-refractivity contribution >= 4 is 34.2 Å². The number of benzene rings is 3. The van der Waals surface area contributed by atoms with Crippen LogP contribution >= 0.6 is 11.6 Å². The van der Waals surface area contributed by atoms with E-state index in [2.05, 4.69) is 41.5 Å². The zero-order valence-electron chi connectivity index (χ0n) is 17.8. The van der Waals surface area contributed by atoms with Crippen molar-refractivity contribution in [2.24, 2.45) is 0 Å². The molecule has 0 spiro atoms. The third kappa shape index (κ3) is 4.25. The quantitative estimate of drug-likeness (QED) is 0.433. The minimum Gasteiger partial charge on any atom is -0.496 e. The summed E-state index contributed by atoms with van der Waals surface area (Å²) in [4.78, 5) is 14.5. The molecule has 0 aliphatic rings. The van der Waals surface area contributed by atoms with Gasteiger partial charge in [0.2, 0.25) is 0 Å². The van der Waals surface area contributed by atoms with Gasteiger partial charge in [-0.3, -0.25) is 4.79 Å². The van der Waals surface area contributed by atoms with Crippen molar-refractivity contribution in [2.75, 3.05) is 12.4 Å². The van der Waals surface area contributed by atoms with E-state index >= 15 is 0 Å². The zero-order chi connectivity index (χ0) is 22.1. The lowest BCUT2D eigenvalue weighted by atomic mass is 10.0. The first-order valence-electron chi connectivity index (χ1n) is 9.98. The van der Waals surface area contributed by atoms with Crippen LogP contribution in [0, 0.1) is 6.92 Å². The average Bonchev–Trinajstić information content (AvgIpc) is 3.16. The predicted molar refractivity (Wildman–Crippen MR) is 124 cm³/mol. The molecule has 3 aromatic carbocycles. The molecule has 0 unspecified atom stereocenters. The summed E-state index contributed by atoms with van der Waals surface area (Å²) in [5, 5.41) is 12.6. The van der Waals surface area contributed by atoms with Gasteiger partial charge < -0.3 is 10.1 Å². The highest BCUT2D eigenvalue weighted by Crippen LogP contribution is 2.27. The first-order chi connectivity index (χ1) is 14.9. The second-order valence-electron chi connectivity index (χ2n) is 7.69. The standard InChI is InChI=1S/C24H23ClN4O2/c1-14(2)16-5-8-18(9-6-16)29-27-21-11-15(3)20(13-22(21)28-29)26-24(30)19-12-17(25)7-10-23(19)31-4/h5-14H,1-4H3,(H,26,30). The Kier molecular flexibility index (Phi) is 5.65. The van der Waals surface area contributed by atoms with E-state index in [0.717, 1.165) is 16.8 Å². The summed E-state index contributed by atoms with van der Waals surface area (Å²) < 4.78 is 5.29. The van der Waals surface area contributed by atoms with Crippen LogP contribution in [0.1, 0.15) is 41.3 Å². The van der Waals surface area contributed by atoms with Gasteiger partial charge in [-0.1, -0.05) is 37.6 Å². The van der Waals surface area contributed by atoms with Crippen molar-refractivity contribution in [2.45, 2.75) is 26.7 Å². The van der Waals surface area contributed by atoms with Crippen molar-refractivity contribution in [1.29, 1.82) is 0 Å². The number of methoxy groups -OCH3 is 1. The molecule has 7 heteroatoms. The predicted octanol–water partition coefficient (Wildman–Crippen LogP) is 5.77. The Morgan fingerprint density at radius 3 is 2.35 bits per heavy atom. The summed E-state index contributed by atoms with van der Waals surface area (Å²) in [5.74, 6) is 0.612. The van der Waals surface area contributed by atoms with Crippen LogP contribution in [-0.2, 0) is 0 Å². The molecule has 1 amide bonds. The van der Waals surface area contributed by atoms with Gasteiger partial charge in [0.05, 0.1) is 18.4 Å². The Hall–Kier alpha value is -3.38. The molecule has 0 fully saturated rings. The number of halogens is 1. The molecular formula is C24H23ClN4O2. The number of hydrogen-bond acceptors (Lipinski definition) is 4. The number of ether oxygens (including phenoxy) is 1. The maximum atomic E-state index is 12.9. The normalized spacial score (nSPS) is 11.2. The van der Waals surface area contributed by atoms with Crippen LogP contribution in [0.25, 0.3) is 16.7 Å². The topological polar surface area (TPSA) is 69.0 Å². The summed E-state index contributed by atoms with van der Waals surface area (Å²) >= 11 is 6.06. The summed E-state index contributed by atoms with van der Waals surface area (Å²) in [6.45, 7) is 6.24. The van der Waals surface area contributed by atoms with Crippen molar-refractivity contribution < 1.29 is 9.53 Å². The van der Waals surface area contributed by atoms with Gasteiger partial charge in [0.1, 0.15) is 16.8 Å². The SMILES string of the molecule is COc1ccc(Cl)cc1C(=O)Nc1cc2nn(-c3ccc(C(C)C)cc3)nc2cc1C. The van der Waals surface area contributed by atoms with Gasteiger partial charge >= 0.3 is 0 Å². The van der Waals surface area contributed by atoms with Crippen LogP contribution in [0.2, 0.25) is 5.02 Å². The summed E-state index contributed by atoms with van der Waals surface area (Å²) in [6, 6.07) is 16.9. The minimum absolute atomic E-state index is 0.307. The molecule has 0 atom stereocenters. The fraction of sp³-hybridized carbons (Fsp3) is 0.208. The molecule has 0 saturated heterocycles. The molecule has 0 radical (unpaired) electrons. The number of amides is 1. The van der Waals surface area contributed by atoms with Gasteiger partial charge in [-0.2, -0.15) is 4.80 Å². The van der Waals surface area contributed by atoms with Crippen molar-refractivity contribution in [3.63, 3.8) is 0 Å².